The molecule has 0 fully saturated rings. The van der Waals surface area contributed by atoms with Crippen molar-refractivity contribution in [2.45, 2.75) is 26.8 Å². The second-order valence-electron chi connectivity index (χ2n) is 5.75. The van der Waals surface area contributed by atoms with Crippen LogP contribution in [-0.2, 0) is 11.3 Å². The predicted molar refractivity (Wildman–Crippen MR) is 96.4 cm³/mol. The standard InChI is InChI=1S/C19H21ClN2O3/c1-13-9-16(14(2)22(13)7-4-8-24-3)18(23)12-25-19-6-5-15(11-21)10-17(19)20/h5-6,9-10H,4,7-8,12H2,1-3H3. The molecule has 0 N–H and O–H groups in total. The maximum Gasteiger partial charge on any atom is 0.202 e. The number of rotatable bonds is 8. The van der Waals surface area contributed by atoms with Crippen molar-refractivity contribution in [1.29, 1.82) is 5.26 Å². The number of benzene rings is 1. The molecule has 25 heavy (non-hydrogen) atoms. The van der Waals surface area contributed by atoms with Crippen molar-refractivity contribution >= 4 is 17.4 Å². The number of nitriles is 1. The number of hydrogen-bond acceptors (Lipinski definition) is 4. The second kappa shape index (κ2) is 8.70. The summed E-state index contributed by atoms with van der Waals surface area (Å²) in [7, 11) is 1.68. The minimum Gasteiger partial charge on any atom is -0.484 e. The van der Waals surface area contributed by atoms with Gasteiger partial charge >= 0.3 is 0 Å². The number of hydrogen-bond donors (Lipinski definition) is 0. The number of ether oxygens (including phenoxy) is 2. The zero-order valence-corrected chi connectivity index (χ0v) is 15.4. The Morgan fingerprint density at radius 1 is 1.32 bits per heavy atom. The number of carbonyl (C=O) groups excluding carboxylic acids is 1. The van der Waals surface area contributed by atoms with E-state index in [0.717, 1.165) is 24.4 Å². The SMILES string of the molecule is COCCCn1c(C)cc(C(=O)COc2ccc(C#N)cc2Cl)c1C. The molecule has 0 radical (unpaired) electrons. The van der Waals surface area contributed by atoms with E-state index in [2.05, 4.69) is 4.57 Å². The van der Waals surface area contributed by atoms with Crippen molar-refractivity contribution < 1.29 is 14.3 Å². The topological polar surface area (TPSA) is 64.2 Å². The normalized spacial score (nSPS) is 10.5. The van der Waals surface area contributed by atoms with Crippen LogP contribution in [0.5, 0.6) is 5.75 Å². The molecule has 1 aromatic carbocycles. The molecule has 0 unspecified atom stereocenters. The van der Waals surface area contributed by atoms with Gasteiger partial charge < -0.3 is 14.0 Å². The van der Waals surface area contributed by atoms with E-state index < -0.39 is 0 Å². The maximum atomic E-state index is 12.5. The lowest BCUT2D eigenvalue weighted by atomic mass is 10.1. The molecular formula is C19H21ClN2O3. The molecule has 5 nitrogen and oxygen atoms in total. The Hall–Kier alpha value is -2.29. The van der Waals surface area contributed by atoms with E-state index in [9.17, 15) is 4.79 Å². The van der Waals surface area contributed by atoms with Crippen LogP contribution in [0.4, 0.5) is 0 Å². The third-order valence-electron chi connectivity index (χ3n) is 4.02. The van der Waals surface area contributed by atoms with Crippen LogP contribution in [0.2, 0.25) is 5.02 Å². The van der Waals surface area contributed by atoms with E-state index in [1.807, 2.05) is 26.0 Å². The molecule has 0 spiro atoms. The third-order valence-corrected chi connectivity index (χ3v) is 4.32. The van der Waals surface area contributed by atoms with Crippen LogP contribution in [0.3, 0.4) is 0 Å². The van der Waals surface area contributed by atoms with Gasteiger partial charge in [0.15, 0.2) is 6.61 Å². The molecule has 0 saturated carbocycles. The molecule has 0 atom stereocenters. The number of aromatic nitrogens is 1. The van der Waals surface area contributed by atoms with Crippen molar-refractivity contribution in [1.82, 2.24) is 4.57 Å². The molecule has 0 aliphatic heterocycles. The first-order valence-electron chi connectivity index (χ1n) is 7.99. The highest BCUT2D eigenvalue weighted by molar-refractivity contribution is 6.32. The van der Waals surface area contributed by atoms with Crippen LogP contribution < -0.4 is 4.74 Å². The van der Waals surface area contributed by atoms with Gasteiger partial charge in [0.25, 0.3) is 0 Å². The Morgan fingerprint density at radius 2 is 2.08 bits per heavy atom. The zero-order chi connectivity index (χ0) is 18.4. The lowest BCUT2D eigenvalue weighted by molar-refractivity contribution is 0.0921. The molecule has 6 heteroatoms. The Morgan fingerprint density at radius 3 is 2.72 bits per heavy atom. The summed E-state index contributed by atoms with van der Waals surface area (Å²) in [4.78, 5) is 12.5. The Kier molecular flexibility index (Phi) is 6.63. The summed E-state index contributed by atoms with van der Waals surface area (Å²) in [5.74, 6) is 0.287. The van der Waals surface area contributed by atoms with E-state index in [0.29, 0.717) is 28.5 Å². The minimum absolute atomic E-state index is 0.103. The Bertz CT molecular complexity index is 806. The molecule has 1 aromatic heterocycles. The average Bonchev–Trinajstić information content (AvgIpc) is 2.88. The van der Waals surface area contributed by atoms with Gasteiger partial charge in [0.2, 0.25) is 5.78 Å². The van der Waals surface area contributed by atoms with Crippen LogP contribution in [0.25, 0.3) is 0 Å². The highest BCUT2D eigenvalue weighted by Crippen LogP contribution is 2.25. The van der Waals surface area contributed by atoms with Gasteiger partial charge in [-0.25, -0.2) is 0 Å². The first kappa shape index (κ1) is 19.0. The second-order valence-corrected chi connectivity index (χ2v) is 6.16. The quantitative estimate of drug-likeness (QED) is 0.528. The number of ketones is 1. The van der Waals surface area contributed by atoms with Gasteiger partial charge in [-0.3, -0.25) is 4.79 Å². The highest BCUT2D eigenvalue weighted by atomic mass is 35.5. The monoisotopic (exact) mass is 360 g/mol. The van der Waals surface area contributed by atoms with Gasteiger partial charge in [-0.1, -0.05) is 11.6 Å². The summed E-state index contributed by atoms with van der Waals surface area (Å²) in [5, 5.41) is 9.16. The molecule has 0 saturated heterocycles. The molecule has 0 amide bonds. The van der Waals surface area contributed by atoms with Gasteiger partial charge in [0, 0.05) is 37.2 Å². The van der Waals surface area contributed by atoms with Gasteiger partial charge in [-0.2, -0.15) is 5.26 Å². The maximum absolute atomic E-state index is 12.5. The van der Waals surface area contributed by atoms with E-state index in [1.165, 1.54) is 6.07 Å². The van der Waals surface area contributed by atoms with Crippen LogP contribution >= 0.6 is 11.6 Å². The van der Waals surface area contributed by atoms with E-state index in [4.69, 9.17) is 26.3 Å². The fraction of sp³-hybridized carbons (Fsp3) is 0.368. The lowest BCUT2D eigenvalue weighted by Crippen LogP contribution is -2.13. The summed E-state index contributed by atoms with van der Waals surface area (Å²) >= 11 is 6.07. The number of aryl methyl sites for hydroxylation is 1. The van der Waals surface area contributed by atoms with Gasteiger partial charge in [-0.05, 0) is 44.5 Å². The van der Waals surface area contributed by atoms with Crippen LogP contribution in [0, 0.1) is 25.2 Å². The zero-order valence-electron chi connectivity index (χ0n) is 14.6. The van der Waals surface area contributed by atoms with E-state index in [-0.39, 0.29) is 12.4 Å². The summed E-state index contributed by atoms with van der Waals surface area (Å²) in [6.45, 7) is 5.30. The van der Waals surface area contributed by atoms with Crippen molar-refractivity contribution in [3.63, 3.8) is 0 Å². The fourth-order valence-corrected chi connectivity index (χ4v) is 2.94. The number of methoxy groups -OCH3 is 1. The molecule has 0 aliphatic rings. The molecular weight excluding hydrogens is 340 g/mol. The smallest absolute Gasteiger partial charge is 0.202 e. The minimum atomic E-state index is -0.105. The third kappa shape index (κ3) is 4.62. The van der Waals surface area contributed by atoms with Crippen LogP contribution in [-0.4, -0.2) is 30.7 Å². The average molecular weight is 361 g/mol. The summed E-state index contributed by atoms with van der Waals surface area (Å²) in [5.41, 5.74) is 3.06. The molecule has 132 valence electrons. The van der Waals surface area contributed by atoms with Crippen LogP contribution in [0.1, 0.15) is 33.7 Å². The number of nitrogens with zero attached hydrogens (tertiary/aromatic N) is 2. The molecule has 2 rings (SSSR count). The largest absolute Gasteiger partial charge is 0.484 e. The van der Waals surface area contributed by atoms with Crippen LogP contribution in [0.15, 0.2) is 24.3 Å². The van der Waals surface area contributed by atoms with Crippen molar-refractivity contribution in [3.8, 4) is 11.8 Å². The van der Waals surface area contributed by atoms with Gasteiger partial charge in [0.1, 0.15) is 5.75 Å². The fourth-order valence-electron chi connectivity index (χ4n) is 2.70. The Balaban J connectivity index is 2.06. The number of halogens is 1. The first-order chi connectivity index (χ1) is 12.0. The van der Waals surface area contributed by atoms with E-state index in [1.54, 1.807) is 19.2 Å². The van der Waals surface area contributed by atoms with E-state index >= 15 is 0 Å². The molecule has 0 bridgehead atoms. The van der Waals surface area contributed by atoms with Gasteiger partial charge in [0.05, 0.1) is 16.7 Å². The number of carbonyl (C=O) groups is 1. The summed E-state index contributed by atoms with van der Waals surface area (Å²) < 4.78 is 12.7. The molecule has 2 aromatic rings. The first-order valence-corrected chi connectivity index (χ1v) is 8.37. The molecule has 0 aliphatic carbocycles. The Labute approximate surface area is 152 Å². The number of Topliss-reactive ketones (excluding diaryl/α,β-unsaturated/α-hetero) is 1. The highest BCUT2D eigenvalue weighted by Gasteiger charge is 2.16. The van der Waals surface area contributed by atoms with Crippen molar-refractivity contribution in [2.75, 3.05) is 20.3 Å². The van der Waals surface area contributed by atoms with Gasteiger partial charge in [-0.15, -0.1) is 0 Å². The van der Waals surface area contributed by atoms with Crippen molar-refractivity contribution in [2.24, 2.45) is 0 Å². The predicted octanol–water partition coefficient (Wildman–Crippen LogP) is 3.93. The summed E-state index contributed by atoms with van der Waals surface area (Å²) in [6.07, 6.45) is 0.887. The summed E-state index contributed by atoms with van der Waals surface area (Å²) in [6, 6.07) is 8.61. The van der Waals surface area contributed by atoms with Crippen molar-refractivity contribution in [3.05, 3.63) is 51.8 Å². The lowest BCUT2D eigenvalue weighted by Gasteiger charge is -2.10. The molecule has 1 heterocycles.